The predicted octanol–water partition coefficient (Wildman–Crippen LogP) is 4.62. The zero-order valence-corrected chi connectivity index (χ0v) is 20.4. The van der Waals surface area contributed by atoms with Gasteiger partial charge in [-0.1, -0.05) is 12.1 Å². The van der Waals surface area contributed by atoms with E-state index in [9.17, 15) is 15.1 Å². The fourth-order valence-corrected chi connectivity index (χ4v) is 5.01. The summed E-state index contributed by atoms with van der Waals surface area (Å²) in [6.07, 6.45) is 7.55. The van der Waals surface area contributed by atoms with Crippen LogP contribution in [0.3, 0.4) is 0 Å². The van der Waals surface area contributed by atoms with E-state index >= 15 is 0 Å². The molecule has 0 bridgehead atoms. The standard InChI is InChI=1S/C28H30N4O4/c1-28(34)12-10-21(11-13-28)31-16-20-14-23(26(15-22(20)30-31)36-17-18-6-7-18)29-27(33)25-9-8-19-4-2-3-5-24(19)32(25)35/h2-5,8-9,14-16,18,21,34H,6-7,10-13,17H2,1H3,(H-,29,33,35)/p+1/t21-,28-. The molecule has 8 nitrogen and oxygen atoms in total. The number of pyridine rings is 1. The number of aromatic nitrogens is 3. The molecule has 2 aromatic carbocycles. The fraction of sp³-hybridized carbons (Fsp3) is 0.393. The van der Waals surface area contributed by atoms with Crippen molar-refractivity contribution in [2.24, 2.45) is 5.92 Å². The van der Waals surface area contributed by atoms with Crippen LogP contribution in [-0.4, -0.2) is 38.2 Å². The van der Waals surface area contributed by atoms with Gasteiger partial charge in [0.25, 0.3) is 5.52 Å². The van der Waals surface area contributed by atoms with Crippen molar-refractivity contribution in [3.63, 3.8) is 0 Å². The topological polar surface area (TPSA) is 100 Å². The minimum Gasteiger partial charge on any atom is -0.491 e. The van der Waals surface area contributed by atoms with Crippen molar-refractivity contribution >= 4 is 33.4 Å². The highest BCUT2D eigenvalue weighted by molar-refractivity contribution is 6.04. The highest BCUT2D eigenvalue weighted by Gasteiger charge is 2.30. The van der Waals surface area contributed by atoms with E-state index < -0.39 is 11.5 Å². The number of nitrogens with one attached hydrogen (secondary N) is 1. The Balaban J connectivity index is 1.31. The molecule has 0 aliphatic heterocycles. The number of benzene rings is 2. The summed E-state index contributed by atoms with van der Waals surface area (Å²) in [6.45, 7) is 2.50. The molecule has 2 aliphatic carbocycles. The zero-order valence-electron chi connectivity index (χ0n) is 20.4. The summed E-state index contributed by atoms with van der Waals surface area (Å²) in [6, 6.07) is 14.8. The third-order valence-corrected chi connectivity index (χ3v) is 7.50. The van der Waals surface area contributed by atoms with E-state index in [1.165, 1.54) is 0 Å². The van der Waals surface area contributed by atoms with Crippen LogP contribution in [0.25, 0.3) is 21.8 Å². The zero-order chi connectivity index (χ0) is 24.9. The second-order valence-electron chi connectivity index (χ2n) is 10.5. The van der Waals surface area contributed by atoms with Gasteiger partial charge in [0.1, 0.15) is 5.75 Å². The number of para-hydroxylation sites is 1. The Morgan fingerprint density at radius 3 is 2.69 bits per heavy atom. The average Bonchev–Trinajstić information content (AvgIpc) is 3.60. The maximum atomic E-state index is 13.2. The van der Waals surface area contributed by atoms with Gasteiger partial charge in [0.2, 0.25) is 0 Å². The van der Waals surface area contributed by atoms with Gasteiger partial charge in [-0.05, 0) is 69.6 Å². The molecule has 2 aromatic heterocycles. The minimum absolute atomic E-state index is 0.131. The van der Waals surface area contributed by atoms with Gasteiger partial charge >= 0.3 is 11.6 Å². The lowest BCUT2D eigenvalue weighted by Gasteiger charge is -2.33. The summed E-state index contributed by atoms with van der Waals surface area (Å²) in [5.74, 6) is 0.697. The SMILES string of the molecule is C[C@]1(O)CC[C@H](n2cc3cc(NC(=O)c4ccc5ccccc5[n+]4O)c(OCC4CC4)cc3n2)CC1. The second kappa shape index (κ2) is 8.78. The number of carbonyl (C=O) groups excluding carboxylic acids is 1. The van der Waals surface area contributed by atoms with Gasteiger partial charge in [0.05, 0.1) is 34.8 Å². The van der Waals surface area contributed by atoms with Crippen LogP contribution in [0.2, 0.25) is 0 Å². The molecule has 8 heteroatoms. The van der Waals surface area contributed by atoms with Crippen LogP contribution in [0.1, 0.15) is 62.0 Å². The largest absolute Gasteiger partial charge is 0.491 e. The molecular formula is C28H31N4O4+. The number of rotatable bonds is 6. The van der Waals surface area contributed by atoms with E-state index in [2.05, 4.69) is 5.32 Å². The van der Waals surface area contributed by atoms with E-state index in [0.717, 1.165) is 59.5 Å². The number of fused-ring (bicyclic) bond motifs is 2. The first-order chi connectivity index (χ1) is 17.4. The lowest BCUT2D eigenvalue weighted by molar-refractivity contribution is -0.885. The van der Waals surface area contributed by atoms with E-state index in [0.29, 0.717) is 29.5 Å². The lowest BCUT2D eigenvalue weighted by Crippen LogP contribution is -2.40. The molecule has 0 saturated heterocycles. The molecule has 186 valence electrons. The first-order valence-electron chi connectivity index (χ1n) is 12.7. The molecule has 0 atom stereocenters. The monoisotopic (exact) mass is 487 g/mol. The van der Waals surface area contributed by atoms with Crippen LogP contribution in [0.5, 0.6) is 5.75 Å². The van der Waals surface area contributed by atoms with E-state index in [1.54, 1.807) is 12.1 Å². The van der Waals surface area contributed by atoms with Crippen molar-refractivity contribution in [3.05, 3.63) is 60.4 Å². The second-order valence-corrected chi connectivity index (χ2v) is 10.5. The van der Waals surface area contributed by atoms with E-state index in [4.69, 9.17) is 9.84 Å². The van der Waals surface area contributed by atoms with Gasteiger partial charge in [0.15, 0.2) is 0 Å². The van der Waals surface area contributed by atoms with Crippen LogP contribution in [0.4, 0.5) is 5.69 Å². The van der Waals surface area contributed by atoms with Gasteiger partial charge in [-0.25, -0.2) is 0 Å². The number of aliphatic hydroxyl groups is 1. The summed E-state index contributed by atoms with van der Waals surface area (Å²) in [7, 11) is 0. The third-order valence-electron chi connectivity index (χ3n) is 7.50. The summed E-state index contributed by atoms with van der Waals surface area (Å²) in [5, 5.41) is 30.5. The molecule has 0 spiro atoms. The Labute approximate surface area is 209 Å². The van der Waals surface area contributed by atoms with Crippen molar-refractivity contribution < 1.29 is 24.6 Å². The predicted molar refractivity (Wildman–Crippen MR) is 135 cm³/mol. The number of carbonyl (C=O) groups is 1. The minimum atomic E-state index is -0.601. The molecule has 36 heavy (non-hydrogen) atoms. The Hall–Kier alpha value is -3.65. The average molecular weight is 488 g/mol. The molecule has 2 aliphatic rings. The first-order valence-corrected chi connectivity index (χ1v) is 12.7. The van der Waals surface area contributed by atoms with Crippen molar-refractivity contribution in [3.8, 4) is 5.75 Å². The Morgan fingerprint density at radius 2 is 1.92 bits per heavy atom. The molecule has 0 radical (unpaired) electrons. The summed E-state index contributed by atoms with van der Waals surface area (Å²) >= 11 is 0. The fourth-order valence-electron chi connectivity index (χ4n) is 5.01. The van der Waals surface area contributed by atoms with Crippen LogP contribution in [0, 0.1) is 5.92 Å². The van der Waals surface area contributed by atoms with Crippen molar-refractivity contribution in [1.29, 1.82) is 0 Å². The number of anilines is 1. The molecule has 2 heterocycles. The molecule has 3 N–H and O–H groups in total. The highest BCUT2D eigenvalue weighted by atomic mass is 16.5. The Bertz CT molecular complexity index is 1450. The maximum Gasteiger partial charge on any atom is 0.325 e. The molecule has 2 fully saturated rings. The van der Waals surface area contributed by atoms with Crippen molar-refractivity contribution in [1.82, 2.24) is 9.78 Å². The number of hydrogen-bond donors (Lipinski definition) is 3. The van der Waals surface area contributed by atoms with Gasteiger partial charge in [-0.2, -0.15) is 5.10 Å². The summed E-state index contributed by atoms with van der Waals surface area (Å²) in [5.41, 5.74) is 1.44. The van der Waals surface area contributed by atoms with Crippen LogP contribution in [0.15, 0.2) is 54.7 Å². The van der Waals surface area contributed by atoms with Gasteiger partial charge in [0, 0.05) is 34.5 Å². The van der Waals surface area contributed by atoms with Crippen molar-refractivity contribution in [2.75, 3.05) is 11.9 Å². The van der Waals surface area contributed by atoms with Gasteiger partial charge in [-0.3, -0.25) is 14.7 Å². The summed E-state index contributed by atoms with van der Waals surface area (Å²) < 4.78 is 9.03. The number of ether oxygens (including phenoxy) is 1. The normalized spacial score (nSPS) is 22.1. The number of nitrogens with zero attached hydrogens (tertiary/aromatic N) is 3. The van der Waals surface area contributed by atoms with Crippen LogP contribution < -0.4 is 14.8 Å². The lowest BCUT2D eigenvalue weighted by atomic mass is 9.84. The quantitative estimate of drug-likeness (QED) is 0.272. The maximum absolute atomic E-state index is 13.2. The third kappa shape index (κ3) is 4.48. The van der Waals surface area contributed by atoms with Gasteiger partial charge in [-0.15, -0.1) is 0 Å². The van der Waals surface area contributed by atoms with Crippen LogP contribution >= 0.6 is 0 Å². The Kier molecular flexibility index (Phi) is 5.56. The van der Waals surface area contributed by atoms with E-state index in [-0.39, 0.29) is 11.7 Å². The Morgan fingerprint density at radius 1 is 1.14 bits per heavy atom. The highest BCUT2D eigenvalue weighted by Crippen LogP contribution is 2.37. The number of amides is 1. The van der Waals surface area contributed by atoms with Gasteiger partial charge < -0.3 is 15.2 Å². The molecule has 2 saturated carbocycles. The number of hydrogen-bond acceptors (Lipinski definition) is 5. The molecule has 1 amide bonds. The molecular weight excluding hydrogens is 456 g/mol. The van der Waals surface area contributed by atoms with E-state index in [1.807, 2.05) is 54.2 Å². The smallest absolute Gasteiger partial charge is 0.325 e. The van der Waals surface area contributed by atoms with Crippen LogP contribution in [-0.2, 0) is 0 Å². The molecule has 0 unspecified atom stereocenters. The van der Waals surface area contributed by atoms with Crippen molar-refractivity contribution in [2.45, 2.75) is 57.1 Å². The molecule has 4 aromatic rings. The molecule has 6 rings (SSSR count). The summed E-state index contributed by atoms with van der Waals surface area (Å²) in [4.78, 5) is 13.2. The first kappa shape index (κ1) is 22.8.